The number of amides is 2. The smallest absolute Gasteiger partial charge is 0.318 e. The molecule has 5 nitrogen and oxygen atoms in total. The fraction of sp³-hybridized carbons (Fsp3) is 0.412. The summed E-state index contributed by atoms with van der Waals surface area (Å²) in [5, 5.41) is 10.5. The first-order chi connectivity index (χ1) is 10.6. The van der Waals surface area contributed by atoms with Gasteiger partial charge in [-0.1, -0.05) is 24.6 Å². The van der Waals surface area contributed by atoms with E-state index in [9.17, 15) is 4.79 Å². The molecule has 0 saturated heterocycles. The van der Waals surface area contributed by atoms with Gasteiger partial charge in [0.15, 0.2) is 0 Å². The minimum Gasteiger partial charge on any atom is -0.338 e. The third-order valence-corrected chi connectivity index (χ3v) is 4.12. The topological polar surface area (TPSA) is 61.0 Å². The van der Waals surface area contributed by atoms with E-state index in [1.807, 2.05) is 11.8 Å². The zero-order valence-electron chi connectivity index (χ0n) is 13.4. The van der Waals surface area contributed by atoms with Gasteiger partial charge in [0, 0.05) is 17.7 Å². The number of aryl methyl sites for hydroxylation is 2. The maximum atomic E-state index is 12.1. The number of urea groups is 1. The molecule has 0 spiro atoms. The molecule has 0 unspecified atom stereocenters. The molecule has 1 aliphatic heterocycles. The Morgan fingerprint density at radius 3 is 2.95 bits per heavy atom. The van der Waals surface area contributed by atoms with Crippen LogP contribution in [0, 0.1) is 13.8 Å². The standard InChI is InChI=1S/C17H22N4O/c1-4-7-18-17(22)21-9-14-15(10-21)19-20-16(14)13-8-11(2)5-6-12(13)3/h5-6,8H,4,7,9-10H2,1-3H3,(H,18,22)(H,19,20). The van der Waals surface area contributed by atoms with Gasteiger partial charge in [-0.15, -0.1) is 0 Å². The van der Waals surface area contributed by atoms with E-state index < -0.39 is 0 Å². The van der Waals surface area contributed by atoms with E-state index in [-0.39, 0.29) is 6.03 Å². The second-order valence-corrected chi connectivity index (χ2v) is 5.93. The predicted molar refractivity (Wildman–Crippen MR) is 86.4 cm³/mol. The van der Waals surface area contributed by atoms with Crippen LogP contribution in [0.5, 0.6) is 0 Å². The number of carbonyl (C=O) groups is 1. The largest absolute Gasteiger partial charge is 0.338 e. The molecule has 0 radical (unpaired) electrons. The first-order valence-electron chi connectivity index (χ1n) is 7.76. The van der Waals surface area contributed by atoms with Crippen molar-refractivity contribution in [2.75, 3.05) is 6.54 Å². The van der Waals surface area contributed by atoms with Crippen LogP contribution < -0.4 is 5.32 Å². The molecular weight excluding hydrogens is 276 g/mol. The molecule has 3 rings (SSSR count). The molecule has 116 valence electrons. The van der Waals surface area contributed by atoms with Gasteiger partial charge in [-0.3, -0.25) is 5.10 Å². The van der Waals surface area contributed by atoms with Gasteiger partial charge in [0.1, 0.15) is 0 Å². The Morgan fingerprint density at radius 2 is 2.18 bits per heavy atom. The van der Waals surface area contributed by atoms with Crippen molar-refractivity contribution in [2.45, 2.75) is 40.3 Å². The first kappa shape index (κ1) is 14.6. The average molecular weight is 298 g/mol. The predicted octanol–water partition coefficient (Wildman–Crippen LogP) is 3.13. The van der Waals surface area contributed by atoms with Crippen molar-refractivity contribution in [3.8, 4) is 11.3 Å². The number of nitrogens with zero attached hydrogens (tertiary/aromatic N) is 2. The number of hydrogen-bond donors (Lipinski definition) is 2. The Balaban J connectivity index is 1.86. The Labute approximate surface area is 130 Å². The molecule has 0 fully saturated rings. The van der Waals surface area contributed by atoms with Crippen LogP contribution in [0.2, 0.25) is 0 Å². The number of benzene rings is 1. The van der Waals surface area contributed by atoms with Crippen molar-refractivity contribution < 1.29 is 4.79 Å². The lowest BCUT2D eigenvalue weighted by Gasteiger charge is -2.16. The molecule has 2 heterocycles. The lowest BCUT2D eigenvalue weighted by Crippen LogP contribution is -2.36. The highest BCUT2D eigenvalue weighted by Crippen LogP contribution is 2.32. The van der Waals surface area contributed by atoms with Crippen LogP contribution >= 0.6 is 0 Å². The van der Waals surface area contributed by atoms with Crippen molar-refractivity contribution >= 4 is 6.03 Å². The minimum absolute atomic E-state index is 0.00763. The number of nitrogens with one attached hydrogen (secondary N) is 2. The van der Waals surface area contributed by atoms with Crippen LogP contribution in [0.25, 0.3) is 11.3 Å². The maximum Gasteiger partial charge on any atom is 0.318 e. The molecule has 1 aliphatic rings. The van der Waals surface area contributed by atoms with E-state index in [1.165, 1.54) is 16.7 Å². The third-order valence-electron chi connectivity index (χ3n) is 4.12. The third kappa shape index (κ3) is 2.58. The summed E-state index contributed by atoms with van der Waals surface area (Å²) in [4.78, 5) is 13.9. The van der Waals surface area contributed by atoms with Gasteiger partial charge in [0.05, 0.1) is 24.5 Å². The SMILES string of the molecule is CCCNC(=O)N1Cc2n[nH]c(-c3cc(C)ccc3C)c2C1. The molecule has 2 N–H and O–H groups in total. The van der Waals surface area contributed by atoms with Gasteiger partial charge < -0.3 is 10.2 Å². The van der Waals surface area contributed by atoms with E-state index in [0.29, 0.717) is 19.6 Å². The van der Waals surface area contributed by atoms with Gasteiger partial charge in [0.2, 0.25) is 0 Å². The second-order valence-electron chi connectivity index (χ2n) is 5.93. The first-order valence-corrected chi connectivity index (χ1v) is 7.76. The summed E-state index contributed by atoms with van der Waals surface area (Å²) in [5.74, 6) is 0. The normalized spacial score (nSPS) is 13.3. The van der Waals surface area contributed by atoms with Crippen LogP contribution in [0.1, 0.15) is 35.7 Å². The Kier molecular flexibility index (Phi) is 3.88. The number of carbonyl (C=O) groups excluding carboxylic acids is 1. The number of aromatic nitrogens is 2. The fourth-order valence-corrected chi connectivity index (χ4v) is 2.85. The molecule has 2 aromatic rings. The zero-order chi connectivity index (χ0) is 15.7. The van der Waals surface area contributed by atoms with Gasteiger partial charge in [0.25, 0.3) is 0 Å². The summed E-state index contributed by atoms with van der Waals surface area (Å²) in [7, 11) is 0. The molecule has 1 aromatic heterocycles. The van der Waals surface area contributed by atoms with Gasteiger partial charge in [-0.05, 0) is 31.9 Å². The lowest BCUT2D eigenvalue weighted by molar-refractivity contribution is 0.198. The van der Waals surface area contributed by atoms with Crippen LogP contribution in [-0.4, -0.2) is 27.7 Å². The number of fused-ring (bicyclic) bond motifs is 1. The number of hydrogen-bond acceptors (Lipinski definition) is 2. The van der Waals surface area contributed by atoms with Crippen LogP contribution in [-0.2, 0) is 13.1 Å². The highest BCUT2D eigenvalue weighted by atomic mass is 16.2. The fourth-order valence-electron chi connectivity index (χ4n) is 2.85. The van der Waals surface area contributed by atoms with E-state index in [0.717, 1.165) is 23.4 Å². The second kappa shape index (κ2) is 5.83. The van der Waals surface area contributed by atoms with Crippen LogP contribution in [0.4, 0.5) is 4.79 Å². The van der Waals surface area contributed by atoms with Crippen molar-refractivity contribution in [2.24, 2.45) is 0 Å². The zero-order valence-corrected chi connectivity index (χ0v) is 13.4. The van der Waals surface area contributed by atoms with E-state index in [1.54, 1.807) is 0 Å². The molecule has 0 aliphatic carbocycles. The van der Waals surface area contributed by atoms with Crippen molar-refractivity contribution in [1.82, 2.24) is 20.4 Å². The highest BCUT2D eigenvalue weighted by Gasteiger charge is 2.28. The van der Waals surface area contributed by atoms with Gasteiger partial charge in [-0.25, -0.2) is 4.79 Å². The molecule has 1 aromatic carbocycles. The Morgan fingerprint density at radius 1 is 1.36 bits per heavy atom. The molecular formula is C17H22N4O. The Hall–Kier alpha value is -2.30. The monoisotopic (exact) mass is 298 g/mol. The van der Waals surface area contributed by atoms with Crippen molar-refractivity contribution in [1.29, 1.82) is 0 Å². The molecule has 2 amide bonds. The highest BCUT2D eigenvalue weighted by molar-refractivity contribution is 5.76. The van der Waals surface area contributed by atoms with E-state index in [4.69, 9.17) is 0 Å². The van der Waals surface area contributed by atoms with Crippen LogP contribution in [0.3, 0.4) is 0 Å². The molecule has 5 heteroatoms. The summed E-state index contributed by atoms with van der Waals surface area (Å²) in [6.07, 6.45) is 0.943. The molecule has 0 saturated carbocycles. The Bertz CT molecular complexity index is 705. The summed E-state index contributed by atoms with van der Waals surface area (Å²) in [6.45, 7) is 8.14. The lowest BCUT2D eigenvalue weighted by atomic mass is 10.00. The summed E-state index contributed by atoms with van der Waals surface area (Å²) >= 11 is 0. The summed E-state index contributed by atoms with van der Waals surface area (Å²) < 4.78 is 0. The van der Waals surface area contributed by atoms with Gasteiger partial charge >= 0.3 is 6.03 Å². The summed E-state index contributed by atoms with van der Waals surface area (Å²) in [5.41, 5.74) is 6.76. The molecule has 22 heavy (non-hydrogen) atoms. The quantitative estimate of drug-likeness (QED) is 0.914. The maximum absolute atomic E-state index is 12.1. The van der Waals surface area contributed by atoms with E-state index >= 15 is 0 Å². The van der Waals surface area contributed by atoms with Crippen molar-refractivity contribution in [3.63, 3.8) is 0 Å². The number of rotatable bonds is 3. The summed E-state index contributed by atoms with van der Waals surface area (Å²) in [6, 6.07) is 6.40. The number of aromatic amines is 1. The average Bonchev–Trinajstić information content (AvgIpc) is 3.07. The van der Waals surface area contributed by atoms with Crippen LogP contribution in [0.15, 0.2) is 18.2 Å². The molecule has 0 bridgehead atoms. The molecule has 0 atom stereocenters. The van der Waals surface area contributed by atoms with E-state index in [2.05, 4.69) is 47.6 Å². The van der Waals surface area contributed by atoms with Crippen molar-refractivity contribution in [3.05, 3.63) is 40.6 Å². The van der Waals surface area contributed by atoms with Gasteiger partial charge in [-0.2, -0.15) is 5.10 Å². The minimum atomic E-state index is -0.00763. The number of H-pyrrole nitrogens is 1.